The van der Waals surface area contributed by atoms with E-state index in [0.29, 0.717) is 13.0 Å². The van der Waals surface area contributed by atoms with Crippen LogP contribution in [0.4, 0.5) is 4.79 Å². The van der Waals surface area contributed by atoms with E-state index in [4.69, 9.17) is 0 Å². The van der Waals surface area contributed by atoms with Crippen molar-refractivity contribution in [3.8, 4) is 0 Å². The second-order valence-electron chi connectivity index (χ2n) is 6.38. The van der Waals surface area contributed by atoms with Gasteiger partial charge in [0, 0.05) is 44.0 Å². The molecule has 0 radical (unpaired) electrons. The van der Waals surface area contributed by atoms with Gasteiger partial charge < -0.3 is 5.32 Å². The summed E-state index contributed by atoms with van der Waals surface area (Å²) in [7, 11) is 0. The van der Waals surface area contributed by atoms with Crippen molar-refractivity contribution in [2.75, 3.05) is 19.6 Å². The molecule has 0 aromatic carbocycles. The Bertz CT molecular complexity index is 575. The van der Waals surface area contributed by atoms with Crippen LogP contribution in [0.5, 0.6) is 0 Å². The molecule has 1 unspecified atom stereocenters. The molecule has 2 aliphatic rings. The smallest absolute Gasteiger partial charge is 0.322 e. The van der Waals surface area contributed by atoms with Gasteiger partial charge in [0.05, 0.1) is 0 Å². The topological polar surface area (TPSA) is 65.5 Å². The summed E-state index contributed by atoms with van der Waals surface area (Å²) in [6.07, 6.45) is 3.33. The minimum atomic E-state index is -0.717. The molecular weight excluding hydrogens is 280 g/mol. The van der Waals surface area contributed by atoms with E-state index in [1.54, 1.807) is 6.20 Å². The summed E-state index contributed by atoms with van der Waals surface area (Å²) in [4.78, 5) is 32.5. The highest BCUT2D eigenvalue weighted by atomic mass is 16.2. The summed E-state index contributed by atoms with van der Waals surface area (Å²) in [6, 6.07) is 5.53. The maximum absolute atomic E-state index is 12.6. The van der Waals surface area contributed by atoms with Gasteiger partial charge in [-0.2, -0.15) is 0 Å². The van der Waals surface area contributed by atoms with E-state index in [0.717, 1.165) is 25.2 Å². The molecular formula is C16H22N4O2. The standard InChI is InChI=1S/C16H22N4O2/c1-12(2)20-14(21)16(18-15(20)22)7-10-19(11-16)9-6-13-5-3-4-8-17-13/h3-5,8,12H,6-7,9-11H2,1-2H3,(H,18,22). The number of nitrogens with zero attached hydrogens (tertiary/aromatic N) is 3. The molecule has 3 amide bonds. The lowest BCUT2D eigenvalue weighted by Gasteiger charge is -2.23. The van der Waals surface area contributed by atoms with Crippen LogP contribution in [-0.4, -0.2) is 57.9 Å². The zero-order valence-corrected chi connectivity index (χ0v) is 13.1. The van der Waals surface area contributed by atoms with Crippen LogP contribution in [0.2, 0.25) is 0 Å². The highest BCUT2D eigenvalue weighted by Crippen LogP contribution is 2.29. The quantitative estimate of drug-likeness (QED) is 0.844. The van der Waals surface area contributed by atoms with E-state index in [-0.39, 0.29) is 18.0 Å². The lowest BCUT2D eigenvalue weighted by Crippen LogP contribution is -2.49. The third kappa shape index (κ3) is 2.59. The lowest BCUT2D eigenvalue weighted by molar-refractivity contribution is -0.132. The first-order valence-electron chi connectivity index (χ1n) is 7.80. The van der Waals surface area contributed by atoms with Crippen LogP contribution in [0.25, 0.3) is 0 Å². The van der Waals surface area contributed by atoms with Crippen LogP contribution in [0, 0.1) is 0 Å². The average molecular weight is 302 g/mol. The fraction of sp³-hybridized carbons (Fsp3) is 0.562. The number of amides is 3. The van der Waals surface area contributed by atoms with Gasteiger partial charge in [-0.05, 0) is 32.4 Å². The van der Waals surface area contributed by atoms with Crippen molar-refractivity contribution in [1.82, 2.24) is 20.1 Å². The van der Waals surface area contributed by atoms with E-state index < -0.39 is 5.54 Å². The maximum atomic E-state index is 12.6. The van der Waals surface area contributed by atoms with Crippen molar-refractivity contribution in [3.63, 3.8) is 0 Å². The molecule has 6 nitrogen and oxygen atoms in total. The number of aromatic nitrogens is 1. The van der Waals surface area contributed by atoms with Gasteiger partial charge in [0.2, 0.25) is 0 Å². The Morgan fingerprint density at radius 3 is 2.82 bits per heavy atom. The first-order valence-corrected chi connectivity index (χ1v) is 7.80. The molecule has 22 heavy (non-hydrogen) atoms. The van der Waals surface area contributed by atoms with Crippen LogP contribution in [0.1, 0.15) is 26.0 Å². The molecule has 1 aromatic heterocycles. The molecule has 3 heterocycles. The van der Waals surface area contributed by atoms with Crippen LogP contribution in [0.15, 0.2) is 24.4 Å². The van der Waals surface area contributed by atoms with Gasteiger partial charge in [0.1, 0.15) is 5.54 Å². The first kappa shape index (κ1) is 15.0. The number of urea groups is 1. The minimum absolute atomic E-state index is 0.0761. The van der Waals surface area contributed by atoms with Crippen molar-refractivity contribution in [3.05, 3.63) is 30.1 Å². The number of rotatable bonds is 4. The van der Waals surface area contributed by atoms with E-state index in [1.807, 2.05) is 32.0 Å². The van der Waals surface area contributed by atoms with Crippen LogP contribution < -0.4 is 5.32 Å². The summed E-state index contributed by atoms with van der Waals surface area (Å²) >= 11 is 0. The molecule has 1 aromatic rings. The SMILES string of the molecule is CC(C)N1C(=O)NC2(CCN(CCc3ccccn3)C2)C1=O. The van der Waals surface area contributed by atoms with Gasteiger partial charge in [0.25, 0.3) is 5.91 Å². The highest BCUT2D eigenvalue weighted by molar-refractivity contribution is 6.07. The maximum Gasteiger partial charge on any atom is 0.325 e. The van der Waals surface area contributed by atoms with Crippen LogP contribution >= 0.6 is 0 Å². The fourth-order valence-electron chi connectivity index (χ4n) is 3.29. The third-order valence-corrected chi connectivity index (χ3v) is 4.47. The number of imide groups is 1. The zero-order chi connectivity index (χ0) is 15.7. The normalized spacial score (nSPS) is 25.5. The molecule has 1 atom stereocenters. The van der Waals surface area contributed by atoms with Gasteiger partial charge in [-0.25, -0.2) is 4.79 Å². The molecule has 0 bridgehead atoms. The zero-order valence-electron chi connectivity index (χ0n) is 13.1. The molecule has 2 aliphatic heterocycles. The second-order valence-corrected chi connectivity index (χ2v) is 6.38. The molecule has 2 saturated heterocycles. The Balaban J connectivity index is 1.62. The van der Waals surface area contributed by atoms with Gasteiger partial charge in [-0.3, -0.25) is 19.6 Å². The summed E-state index contributed by atoms with van der Waals surface area (Å²) in [6.45, 7) is 6.00. The van der Waals surface area contributed by atoms with Crippen LogP contribution in [-0.2, 0) is 11.2 Å². The van der Waals surface area contributed by atoms with E-state index in [9.17, 15) is 9.59 Å². The summed E-state index contributed by atoms with van der Waals surface area (Å²) in [5, 5.41) is 2.92. The summed E-state index contributed by atoms with van der Waals surface area (Å²) < 4.78 is 0. The van der Waals surface area contributed by atoms with Crippen molar-refractivity contribution in [2.24, 2.45) is 0 Å². The number of hydrogen-bond donors (Lipinski definition) is 1. The molecule has 2 fully saturated rings. The average Bonchev–Trinajstić information content (AvgIpc) is 3.00. The monoisotopic (exact) mass is 302 g/mol. The van der Waals surface area contributed by atoms with E-state index in [1.165, 1.54) is 4.90 Å². The third-order valence-electron chi connectivity index (χ3n) is 4.47. The second kappa shape index (κ2) is 5.68. The Morgan fingerprint density at radius 2 is 2.18 bits per heavy atom. The number of pyridine rings is 1. The Morgan fingerprint density at radius 1 is 1.36 bits per heavy atom. The predicted octanol–water partition coefficient (Wildman–Crippen LogP) is 1.03. The minimum Gasteiger partial charge on any atom is -0.322 e. The number of carbonyl (C=O) groups excluding carboxylic acids is 2. The molecule has 118 valence electrons. The van der Waals surface area contributed by atoms with Crippen LogP contribution in [0.3, 0.4) is 0 Å². The first-order chi connectivity index (χ1) is 10.5. The predicted molar refractivity (Wildman–Crippen MR) is 82.2 cm³/mol. The Kier molecular flexibility index (Phi) is 3.87. The molecule has 1 spiro atoms. The van der Waals surface area contributed by atoms with E-state index >= 15 is 0 Å². The lowest BCUT2D eigenvalue weighted by atomic mass is 9.98. The number of carbonyl (C=O) groups is 2. The number of hydrogen-bond acceptors (Lipinski definition) is 4. The molecule has 3 rings (SSSR count). The number of likely N-dealkylation sites (tertiary alicyclic amines) is 1. The van der Waals surface area contributed by atoms with Gasteiger partial charge in [-0.1, -0.05) is 6.07 Å². The summed E-state index contributed by atoms with van der Waals surface area (Å²) in [5.74, 6) is -0.0761. The van der Waals surface area contributed by atoms with Gasteiger partial charge in [-0.15, -0.1) is 0 Å². The van der Waals surface area contributed by atoms with Gasteiger partial charge in [0.15, 0.2) is 0 Å². The van der Waals surface area contributed by atoms with Crippen molar-refractivity contribution in [1.29, 1.82) is 0 Å². The molecule has 6 heteroatoms. The largest absolute Gasteiger partial charge is 0.325 e. The molecule has 0 saturated carbocycles. The van der Waals surface area contributed by atoms with Crippen molar-refractivity contribution in [2.45, 2.75) is 38.3 Å². The van der Waals surface area contributed by atoms with Gasteiger partial charge >= 0.3 is 6.03 Å². The highest BCUT2D eigenvalue weighted by Gasteiger charge is 2.54. The fourth-order valence-corrected chi connectivity index (χ4v) is 3.29. The van der Waals surface area contributed by atoms with Crippen molar-refractivity contribution >= 4 is 11.9 Å². The summed E-state index contributed by atoms with van der Waals surface area (Å²) in [5.41, 5.74) is 0.333. The molecule has 1 N–H and O–H groups in total. The Labute approximate surface area is 130 Å². The Hall–Kier alpha value is -1.95. The number of nitrogens with one attached hydrogen (secondary N) is 1. The van der Waals surface area contributed by atoms with Crippen molar-refractivity contribution < 1.29 is 9.59 Å². The molecule has 0 aliphatic carbocycles. The van der Waals surface area contributed by atoms with E-state index in [2.05, 4.69) is 15.2 Å².